The lowest BCUT2D eigenvalue weighted by molar-refractivity contribution is -0.139. The third-order valence-electron chi connectivity index (χ3n) is 2.50. The van der Waals surface area contributed by atoms with E-state index in [2.05, 4.69) is 15.9 Å². The summed E-state index contributed by atoms with van der Waals surface area (Å²) in [7, 11) is 0. The Labute approximate surface area is 107 Å². The number of hydrogen-bond donors (Lipinski definition) is 2. The second-order valence-corrected chi connectivity index (χ2v) is 4.76. The molecule has 0 fully saturated rings. The van der Waals surface area contributed by atoms with Crippen molar-refractivity contribution in [3.05, 3.63) is 33.8 Å². The van der Waals surface area contributed by atoms with Crippen LogP contribution in [0.3, 0.4) is 0 Å². The fourth-order valence-electron chi connectivity index (χ4n) is 1.65. The predicted octanol–water partition coefficient (Wildman–Crippen LogP) is 2.79. The largest absolute Gasteiger partial charge is 0.481 e. The molecule has 0 aliphatic heterocycles. The van der Waals surface area contributed by atoms with E-state index in [4.69, 9.17) is 10.2 Å². The summed E-state index contributed by atoms with van der Waals surface area (Å²) >= 11 is 3.35. The number of aryl methyl sites for hydroxylation is 1. The highest BCUT2D eigenvalue weighted by Crippen LogP contribution is 2.27. The number of carboxylic acid groups (broad SMARTS) is 2. The molecule has 0 bridgehead atoms. The number of halogens is 1. The Morgan fingerprint density at radius 1 is 1.24 bits per heavy atom. The first-order valence-electron chi connectivity index (χ1n) is 5.09. The molecule has 0 saturated carbocycles. The van der Waals surface area contributed by atoms with Gasteiger partial charge in [-0.3, -0.25) is 9.59 Å². The van der Waals surface area contributed by atoms with E-state index in [0.29, 0.717) is 0 Å². The molecule has 17 heavy (non-hydrogen) atoms. The number of rotatable bonds is 5. The van der Waals surface area contributed by atoms with Crippen molar-refractivity contribution in [2.75, 3.05) is 0 Å². The Kier molecular flexibility index (Phi) is 4.69. The maximum Gasteiger partial charge on any atom is 0.303 e. The van der Waals surface area contributed by atoms with Gasteiger partial charge in [-0.15, -0.1) is 0 Å². The Morgan fingerprint density at radius 2 is 1.76 bits per heavy atom. The number of aliphatic carboxylic acids is 2. The first-order chi connectivity index (χ1) is 7.90. The Balaban J connectivity index is 2.98. The molecule has 0 aliphatic rings. The van der Waals surface area contributed by atoms with Gasteiger partial charge in [0.05, 0.1) is 12.8 Å². The van der Waals surface area contributed by atoms with Crippen LogP contribution in [0, 0.1) is 6.92 Å². The number of carboxylic acids is 2. The Morgan fingerprint density at radius 3 is 2.18 bits per heavy atom. The van der Waals surface area contributed by atoms with Crippen molar-refractivity contribution < 1.29 is 19.8 Å². The molecule has 1 rings (SSSR count). The van der Waals surface area contributed by atoms with E-state index in [1.54, 1.807) is 12.1 Å². The zero-order chi connectivity index (χ0) is 13.0. The van der Waals surface area contributed by atoms with Crippen LogP contribution in [-0.4, -0.2) is 22.2 Å². The van der Waals surface area contributed by atoms with Gasteiger partial charge in [0.15, 0.2) is 0 Å². The Hall–Kier alpha value is -1.36. The maximum absolute atomic E-state index is 10.7. The second kappa shape index (κ2) is 5.82. The molecule has 0 heterocycles. The van der Waals surface area contributed by atoms with Crippen LogP contribution < -0.4 is 0 Å². The molecule has 0 spiro atoms. The molecule has 0 saturated heterocycles. The molecule has 92 valence electrons. The van der Waals surface area contributed by atoms with Crippen LogP contribution in [0.1, 0.15) is 29.9 Å². The Bertz CT molecular complexity index is 426. The predicted molar refractivity (Wildman–Crippen MR) is 66.1 cm³/mol. The first-order valence-corrected chi connectivity index (χ1v) is 5.89. The molecule has 0 radical (unpaired) electrons. The van der Waals surface area contributed by atoms with Gasteiger partial charge in [-0.05, 0) is 24.1 Å². The molecule has 0 aromatic heterocycles. The van der Waals surface area contributed by atoms with Crippen LogP contribution >= 0.6 is 15.9 Å². The van der Waals surface area contributed by atoms with Gasteiger partial charge in [-0.1, -0.05) is 28.1 Å². The molecule has 0 atom stereocenters. The summed E-state index contributed by atoms with van der Waals surface area (Å²) in [5, 5.41) is 17.6. The third-order valence-corrected chi connectivity index (χ3v) is 3.39. The van der Waals surface area contributed by atoms with Crippen LogP contribution in [0.25, 0.3) is 0 Å². The average molecular weight is 301 g/mol. The summed E-state index contributed by atoms with van der Waals surface area (Å²) in [5.41, 5.74) is 1.71. The van der Waals surface area contributed by atoms with Crippen molar-refractivity contribution in [2.24, 2.45) is 0 Å². The molecular weight excluding hydrogens is 288 g/mol. The lowest BCUT2D eigenvalue weighted by atomic mass is 9.91. The van der Waals surface area contributed by atoms with Gasteiger partial charge < -0.3 is 10.2 Å². The minimum atomic E-state index is -0.989. The van der Waals surface area contributed by atoms with Gasteiger partial charge in [-0.2, -0.15) is 0 Å². The standard InChI is InChI=1S/C12H13BrO4/c1-7-4-8(2-3-10(7)13)9(5-11(14)15)6-12(16)17/h2-4,9H,5-6H2,1H3,(H,14,15)(H,16,17). The highest BCUT2D eigenvalue weighted by molar-refractivity contribution is 9.10. The van der Waals surface area contributed by atoms with E-state index in [1.165, 1.54) is 0 Å². The van der Waals surface area contributed by atoms with Crippen LogP contribution in [-0.2, 0) is 9.59 Å². The molecule has 5 heteroatoms. The molecule has 0 unspecified atom stereocenters. The van der Waals surface area contributed by atoms with E-state index in [1.807, 2.05) is 13.0 Å². The van der Waals surface area contributed by atoms with Crippen LogP contribution in [0.5, 0.6) is 0 Å². The minimum Gasteiger partial charge on any atom is -0.481 e. The van der Waals surface area contributed by atoms with E-state index < -0.39 is 17.9 Å². The molecular formula is C12H13BrO4. The molecule has 1 aromatic carbocycles. The maximum atomic E-state index is 10.7. The summed E-state index contributed by atoms with van der Waals surface area (Å²) in [4.78, 5) is 21.4. The molecule has 4 nitrogen and oxygen atoms in total. The van der Waals surface area contributed by atoms with Crippen molar-refractivity contribution in [1.82, 2.24) is 0 Å². The third kappa shape index (κ3) is 4.19. The van der Waals surface area contributed by atoms with Crippen molar-refractivity contribution in [3.8, 4) is 0 Å². The van der Waals surface area contributed by atoms with E-state index in [9.17, 15) is 9.59 Å². The van der Waals surface area contributed by atoms with Gasteiger partial charge in [0.25, 0.3) is 0 Å². The SMILES string of the molecule is Cc1cc(C(CC(=O)O)CC(=O)O)ccc1Br. The lowest BCUT2D eigenvalue weighted by Gasteiger charge is -2.14. The summed E-state index contributed by atoms with van der Waals surface area (Å²) < 4.78 is 0.922. The number of carbonyl (C=O) groups is 2. The van der Waals surface area contributed by atoms with Crippen LogP contribution in [0.4, 0.5) is 0 Å². The van der Waals surface area contributed by atoms with Crippen molar-refractivity contribution in [1.29, 1.82) is 0 Å². The van der Waals surface area contributed by atoms with Gasteiger partial charge in [0.2, 0.25) is 0 Å². The van der Waals surface area contributed by atoms with Gasteiger partial charge in [0, 0.05) is 10.4 Å². The fourth-order valence-corrected chi connectivity index (χ4v) is 1.90. The lowest BCUT2D eigenvalue weighted by Crippen LogP contribution is -2.11. The van der Waals surface area contributed by atoms with E-state index >= 15 is 0 Å². The first kappa shape index (κ1) is 13.7. The van der Waals surface area contributed by atoms with Gasteiger partial charge in [0.1, 0.15) is 0 Å². The average Bonchev–Trinajstić information content (AvgIpc) is 2.19. The van der Waals surface area contributed by atoms with Crippen LogP contribution in [0.2, 0.25) is 0 Å². The number of benzene rings is 1. The quantitative estimate of drug-likeness (QED) is 0.877. The minimum absolute atomic E-state index is 0.173. The second-order valence-electron chi connectivity index (χ2n) is 3.90. The smallest absolute Gasteiger partial charge is 0.303 e. The highest BCUT2D eigenvalue weighted by Gasteiger charge is 2.19. The summed E-state index contributed by atoms with van der Waals surface area (Å²) in [6.07, 6.45) is -0.346. The van der Waals surface area contributed by atoms with Gasteiger partial charge >= 0.3 is 11.9 Å². The van der Waals surface area contributed by atoms with E-state index in [0.717, 1.165) is 15.6 Å². The van der Waals surface area contributed by atoms with Crippen molar-refractivity contribution in [3.63, 3.8) is 0 Å². The highest BCUT2D eigenvalue weighted by atomic mass is 79.9. The fraction of sp³-hybridized carbons (Fsp3) is 0.333. The van der Waals surface area contributed by atoms with Crippen molar-refractivity contribution >= 4 is 27.9 Å². The van der Waals surface area contributed by atoms with Gasteiger partial charge in [-0.25, -0.2) is 0 Å². The van der Waals surface area contributed by atoms with E-state index in [-0.39, 0.29) is 12.8 Å². The molecule has 0 amide bonds. The molecule has 0 aliphatic carbocycles. The summed E-state index contributed by atoms with van der Waals surface area (Å²) in [6.45, 7) is 1.88. The monoisotopic (exact) mass is 300 g/mol. The zero-order valence-electron chi connectivity index (χ0n) is 9.31. The zero-order valence-corrected chi connectivity index (χ0v) is 10.9. The van der Waals surface area contributed by atoms with Crippen LogP contribution in [0.15, 0.2) is 22.7 Å². The summed E-state index contributed by atoms with van der Waals surface area (Å²) in [6, 6.07) is 5.38. The normalized spacial score (nSPS) is 10.5. The summed E-state index contributed by atoms with van der Waals surface area (Å²) in [5.74, 6) is -2.47. The number of hydrogen-bond acceptors (Lipinski definition) is 2. The molecule has 2 N–H and O–H groups in total. The van der Waals surface area contributed by atoms with Crippen molar-refractivity contribution in [2.45, 2.75) is 25.7 Å². The topological polar surface area (TPSA) is 74.6 Å². The molecule has 1 aromatic rings.